The summed E-state index contributed by atoms with van der Waals surface area (Å²) >= 11 is 13.5. The maximum atomic E-state index is 13.1. The van der Waals surface area contributed by atoms with Crippen LogP contribution in [0.4, 0.5) is 10.1 Å². The van der Waals surface area contributed by atoms with Gasteiger partial charge in [0.2, 0.25) is 0 Å². The van der Waals surface area contributed by atoms with Crippen LogP contribution in [0, 0.1) is 5.82 Å². The van der Waals surface area contributed by atoms with Gasteiger partial charge in [-0.3, -0.25) is 0 Å². The highest BCUT2D eigenvalue weighted by Gasteiger charge is 2.22. The lowest BCUT2D eigenvalue weighted by Crippen LogP contribution is -2.15. The average molecular weight is 316 g/mol. The summed E-state index contributed by atoms with van der Waals surface area (Å²) in [5.74, 6) is -0.393. The molecule has 1 aromatic carbocycles. The van der Waals surface area contributed by atoms with Gasteiger partial charge in [0.05, 0.1) is 15.4 Å². The number of rotatable bonds is 2. The van der Waals surface area contributed by atoms with E-state index in [1.165, 1.54) is 16.5 Å². The van der Waals surface area contributed by atoms with Crippen LogP contribution in [0.25, 0.3) is 0 Å². The first-order chi connectivity index (χ1) is 9.13. The largest absolute Gasteiger partial charge is 0.378 e. The van der Waals surface area contributed by atoms with E-state index in [0.717, 1.165) is 29.3 Å². The van der Waals surface area contributed by atoms with E-state index in [2.05, 4.69) is 5.32 Å². The Hall–Kier alpha value is -0.770. The number of hydrogen-bond acceptors (Lipinski definition) is 2. The third kappa shape index (κ3) is 2.73. The Morgan fingerprint density at radius 3 is 2.89 bits per heavy atom. The number of nitrogens with one attached hydrogen (secondary N) is 1. The van der Waals surface area contributed by atoms with Crippen LogP contribution in [0.1, 0.15) is 29.3 Å². The minimum atomic E-state index is -0.393. The van der Waals surface area contributed by atoms with Gasteiger partial charge in [-0.25, -0.2) is 4.39 Å². The van der Waals surface area contributed by atoms with Crippen molar-refractivity contribution in [1.29, 1.82) is 0 Å². The van der Waals surface area contributed by atoms with Crippen molar-refractivity contribution < 1.29 is 4.39 Å². The van der Waals surface area contributed by atoms with Crippen molar-refractivity contribution in [2.75, 3.05) is 5.32 Å². The van der Waals surface area contributed by atoms with Gasteiger partial charge in [0.1, 0.15) is 5.82 Å². The normalized spacial score (nSPS) is 18.2. The van der Waals surface area contributed by atoms with Gasteiger partial charge in [0.15, 0.2) is 0 Å². The number of benzene rings is 1. The molecule has 1 aliphatic carbocycles. The van der Waals surface area contributed by atoms with Gasteiger partial charge >= 0.3 is 0 Å². The standard InChI is InChI=1S/C14H12Cl2FNS/c15-10-6-8(4-5-11(10)17)18-12-2-1-3-13-9(12)7-14(16)19-13/h4-7,12,18H,1-3H2. The monoisotopic (exact) mass is 315 g/mol. The molecular weight excluding hydrogens is 304 g/mol. The Kier molecular flexibility index (Phi) is 3.70. The number of anilines is 1. The molecule has 3 rings (SSSR count). The first-order valence-corrected chi connectivity index (χ1v) is 7.70. The molecule has 0 saturated carbocycles. The predicted molar refractivity (Wildman–Crippen MR) is 80.0 cm³/mol. The molecule has 0 fully saturated rings. The summed E-state index contributed by atoms with van der Waals surface area (Å²) in [6.07, 6.45) is 3.28. The van der Waals surface area contributed by atoms with Crippen LogP contribution in [-0.2, 0) is 6.42 Å². The molecule has 1 unspecified atom stereocenters. The van der Waals surface area contributed by atoms with E-state index in [1.807, 2.05) is 6.07 Å². The third-order valence-corrected chi connectivity index (χ3v) is 4.97. The maximum Gasteiger partial charge on any atom is 0.141 e. The van der Waals surface area contributed by atoms with Gasteiger partial charge in [-0.15, -0.1) is 11.3 Å². The van der Waals surface area contributed by atoms with E-state index in [-0.39, 0.29) is 11.1 Å². The quantitative estimate of drug-likeness (QED) is 0.751. The van der Waals surface area contributed by atoms with E-state index >= 15 is 0 Å². The summed E-state index contributed by atoms with van der Waals surface area (Å²) < 4.78 is 14.0. The lowest BCUT2D eigenvalue weighted by Gasteiger charge is -2.24. The van der Waals surface area contributed by atoms with Crippen LogP contribution in [0.15, 0.2) is 24.3 Å². The van der Waals surface area contributed by atoms with Gasteiger partial charge in [-0.1, -0.05) is 23.2 Å². The van der Waals surface area contributed by atoms with Crippen molar-refractivity contribution in [2.45, 2.75) is 25.3 Å². The second-order valence-corrected chi connectivity index (χ2v) is 6.82. The van der Waals surface area contributed by atoms with E-state index in [1.54, 1.807) is 23.5 Å². The average Bonchev–Trinajstić information content (AvgIpc) is 2.75. The minimum absolute atomic E-state index is 0.143. The Labute approximate surface area is 125 Å². The maximum absolute atomic E-state index is 13.1. The van der Waals surface area contributed by atoms with E-state index in [0.29, 0.717) is 0 Å². The highest BCUT2D eigenvalue weighted by atomic mass is 35.5. The number of hydrogen-bond donors (Lipinski definition) is 1. The smallest absolute Gasteiger partial charge is 0.141 e. The number of fused-ring (bicyclic) bond motifs is 1. The molecule has 5 heteroatoms. The molecule has 0 radical (unpaired) electrons. The molecule has 19 heavy (non-hydrogen) atoms. The topological polar surface area (TPSA) is 12.0 Å². The van der Waals surface area contributed by atoms with Crippen LogP contribution < -0.4 is 5.32 Å². The van der Waals surface area contributed by atoms with E-state index in [4.69, 9.17) is 23.2 Å². The second kappa shape index (κ2) is 5.31. The predicted octanol–water partition coefficient (Wildman–Crippen LogP) is 5.68. The van der Waals surface area contributed by atoms with Crippen LogP contribution in [0.2, 0.25) is 9.36 Å². The third-order valence-electron chi connectivity index (χ3n) is 3.34. The second-order valence-electron chi connectivity index (χ2n) is 4.65. The molecule has 100 valence electrons. The Bertz CT molecular complexity index is 611. The summed E-state index contributed by atoms with van der Waals surface area (Å²) in [5, 5.41) is 3.56. The van der Waals surface area contributed by atoms with Gasteiger partial charge in [-0.05, 0) is 49.1 Å². The molecule has 0 bridgehead atoms. The minimum Gasteiger partial charge on any atom is -0.378 e. The fourth-order valence-electron chi connectivity index (χ4n) is 2.46. The first kappa shape index (κ1) is 13.2. The molecule has 2 aromatic rings. The van der Waals surface area contributed by atoms with Crippen molar-refractivity contribution in [3.63, 3.8) is 0 Å². The zero-order valence-electron chi connectivity index (χ0n) is 10.1. The van der Waals surface area contributed by atoms with Crippen LogP contribution in [0.5, 0.6) is 0 Å². The Morgan fingerprint density at radius 2 is 2.11 bits per heavy atom. The molecule has 1 atom stereocenters. The van der Waals surface area contributed by atoms with Crippen LogP contribution in [-0.4, -0.2) is 0 Å². The van der Waals surface area contributed by atoms with E-state index in [9.17, 15) is 4.39 Å². The van der Waals surface area contributed by atoms with Gasteiger partial charge in [0, 0.05) is 10.6 Å². The molecular formula is C14H12Cl2FNS. The van der Waals surface area contributed by atoms with Crippen molar-refractivity contribution in [3.05, 3.63) is 49.9 Å². The number of thiophene rings is 1. The zero-order chi connectivity index (χ0) is 13.4. The van der Waals surface area contributed by atoms with Crippen molar-refractivity contribution in [3.8, 4) is 0 Å². The molecule has 1 aliphatic rings. The zero-order valence-corrected chi connectivity index (χ0v) is 12.4. The Balaban J connectivity index is 1.86. The highest BCUT2D eigenvalue weighted by Crippen LogP contribution is 2.39. The van der Waals surface area contributed by atoms with Crippen LogP contribution in [0.3, 0.4) is 0 Å². The summed E-state index contributed by atoms with van der Waals surface area (Å²) in [5.41, 5.74) is 2.10. The summed E-state index contributed by atoms with van der Waals surface area (Å²) in [4.78, 5) is 1.35. The SMILES string of the molecule is Fc1ccc(NC2CCCc3sc(Cl)cc32)cc1Cl. The van der Waals surface area contributed by atoms with E-state index < -0.39 is 5.82 Å². The number of halogens is 3. The fraction of sp³-hybridized carbons (Fsp3) is 0.286. The lowest BCUT2D eigenvalue weighted by molar-refractivity contribution is 0.607. The summed E-state index contributed by atoms with van der Waals surface area (Å²) in [7, 11) is 0. The molecule has 0 spiro atoms. The first-order valence-electron chi connectivity index (χ1n) is 6.13. The fourth-order valence-corrected chi connectivity index (χ4v) is 4.02. The van der Waals surface area contributed by atoms with Gasteiger partial charge < -0.3 is 5.32 Å². The molecule has 0 aliphatic heterocycles. The Morgan fingerprint density at radius 1 is 1.26 bits per heavy atom. The van der Waals surface area contributed by atoms with Crippen molar-refractivity contribution in [2.24, 2.45) is 0 Å². The highest BCUT2D eigenvalue weighted by molar-refractivity contribution is 7.16. The van der Waals surface area contributed by atoms with Gasteiger partial charge in [0.25, 0.3) is 0 Å². The molecule has 1 aromatic heterocycles. The van der Waals surface area contributed by atoms with Crippen molar-refractivity contribution >= 4 is 40.2 Å². The molecule has 1 nitrogen and oxygen atoms in total. The molecule has 0 saturated heterocycles. The molecule has 1 N–H and O–H groups in total. The molecule has 0 amide bonds. The summed E-state index contributed by atoms with van der Waals surface area (Å²) in [6.45, 7) is 0. The van der Waals surface area contributed by atoms with Crippen LogP contribution >= 0.6 is 34.5 Å². The van der Waals surface area contributed by atoms with Crippen molar-refractivity contribution in [1.82, 2.24) is 0 Å². The number of aryl methyl sites for hydroxylation is 1. The molecule has 1 heterocycles. The van der Waals surface area contributed by atoms with Gasteiger partial charge in [-0.2, -0.15) is 0 Å². The lowest BCUT2D eigenvalue weighted by atomic mass is 9.94. The summed E-state index contributed by atoms with van der Waals surface area (Å²) in [6, 6.07) is 6.98.